The third kappa shape index (κ3) is 2.89. The number of ether oxygens (including phenoxy) is 1. The molecule has 0 spiro atoms. The molecule has 0 bridgehead atoms. The Hall–Kier alpha value is -1.33. The summed E-state index contributed by atoms with van der Waals surface area (Å²) in [5.41, 5.74) is 5.27. The van der Waals surface area contributed by atoms with Crippen molar-refractivity contribution in [1.82, 2.24) is 0 Å². The average Bonchev–Trinajstić information content (AvgIpc) is 1.94. The highest BCUT2D eigenvalue weighted by atomic mass is 19.4. The van der Waals surface area contributed by atoms with E-state index in [0.717, 1.165) is 6.07 Å². The van der Waals surface area contributed by atoms with Crippen LogP contribution in [-0.4, -0.2) is 14.2 Å². The number of nitrogens with two attached hydrogens (primary N) is 1. The van der Waals surface area contributed by atoms with Crippen LogP contribution in [0, 0.1) is 0 Å². The molecule has 2 radical (unpaired) electrons. The Kier molecular flexibility index (Phi) is 2.40. The van der Waals surface area contributed by atoms with Crippen molar-refractivity contribution < 1.29 is 17.9 Å². The van der Waals surface area contributed by atoms with Gasteiger partial charge in [0.15, 0.2) is 5.75 Å². The zero-order valence-corrected chi connectivity index (χ0v) is 6.43. The Morgan fingerprint density at radius 1 is 1.31 bits per heavy atom. The molecule has 0 saturated carbocycles. The van der Waals surface area contributed by atoms with Crippen molar-refractivity contribution in [3.8, 4) is 5.75 Å². The Labute approximate surface area is 73.9 Å². The molecule has 0 fully saturated rings. The summed E-state index contributed by atoms with van der Waals surface area (Å²) < 4.78 is 38.8. The Morgan fingerprint density at radius 3 is 2.46 bits per heavy atom. The lowest BCUT2D eigenvalue weighted by atomic mass is 9.96. The third-order valence-corrected chi connectivity index (χ3v) is 1.26. The number of hydrogen-bond donors (Lipinski definition) is 1. The van der Waals surface area contributed by atoms with E-state index in [-0.39, 0.29) is 11.2 Å². The molecule has 0 unspecified atom stereocenters. The second-order valence-electron chi connectivity index (χ2n) is 2.35. The van der Waals surface area contributed by atoms with E-state index in [2.05, 4.69) is 4.74 Å². The third-order valence-electron chi connectivity index (χ3n) is 1.26. The molecule has 0 atom stereocenters. The maximum absolute atomic E-state index is 11.7. The quantitative estimate of drug-likeness (QED) is 0.524. The summed E-state index contributed by atoms with van der Waals surface area (Å²) in [5, 5.41) is 0. The SMILES string of the molecule is [B]c1ccc(N)c(OC(F)(F)F)c1. The van der Waals surface area contributed by atoms with Crippen LogP contribution < -0.4 is 15.9 Å². The summed E-state index contributed by atoms with van der Waals surface area (Å²) in [6.07, 6.45) is -4.75. The molecule has 0 amide bonds. The van der Waals surface area contributed by atoms with Crippen LogP contribution in [0.25, 0.3) is 0 Å². The van der Waals surface area contributed by atoms with Crippen molar-refractivity contribution in [3.05, 3.63) is 18.2 Å². The number of alkyl halides is 3. The lowest BCUT2D eigenvalue weighted by Gasteiger charge is -2.11. The van der Waals surface area contributed by atoms with Gasteiger partial charge in [-0.2, -0.15) is 0 Å². The Morgan fingerprint density at radius 2 is 1.92 bits per heavy atom. The fourth-order valence-electron chi connectivity index (χ4n) is 0.764. The Balaban J connectivity index is 2.94. The predicted octanol–water partition coefficient (Wildman–Crippen LogP) is 0.961. The molecule has 0 aliphatic carbocycles. The van der Waals surface area contributed by atoms with E-state index < -0.39 is 12.1 Å². The largest absolute Gasteiger partial charge is 0.573 e. The first-order chi connectivity index (χ1) is 5.88. The van der Waals surface area contributed by atoms with Crippen LogP contribution >= 0.6 is 0 Å². The normalized spacial score (nSPS) is 11.3. The van der Waals surface area contributed by atoms with Crippen molar-refractivity contribution in [2.24, 2.45) is 0 Å². The van der Waals surface area contributed by atoms with Crippen LogP contribution in [0.1, 0.15) is 0 Å². The first-order valence-corrected chi connectivity index (χ1v) is 3.29. The Bertz CT molecular complexity index is 313. The molecular formula is C7H5BF3NO. The topological polar surface area (TPSA) is 35.2 Å². The van der Waals surface area contributed by atoms with Crippen LogP contribution in [0.15, 0.2) is 18.2 Å². The number of nitrogen functional groups attached to an aromatic ring is 1. The van der Waals surface area contributed by atoms with Crippen LogP contribution in [0.2, 0.25) is 0 Å². The van der Waals surface area contributed by atoms with E-state index in [4.69, 9.17) is 13.6 Å². The molecule has 0 aliphatic rings. The van der Waals surface area contributed by atoms with Gasteiger partial charge < -0.3 is 10.5 Å². The zero-order valence-electron chi connectivity index (χ0n) is 6.43. The van der Waals surface area contributed by atoms with Crippen molar-refractivity contribution in [2.45, 2.75) is 6.36 Å². The maximum Gasteiger partial charge on any atom is 0.573 e. The van der Waals surface area contributed by atoms with Gasteiger partial charge in [-0.3, -0.25) is 0 Å². The van der Waals surface area contributed by atoms with Crippen LogP contribution in [0.4, 0.5) is 18.9 Å². The molecular weight excluding hydrogens is 182 g/mol. The zero-order chi connectivity index (χ0) is 10.1. The monoisotopic (exact) mass is 187 g/mol. The molecule has 1 aromatic rings. The molecule has 68 valence electrons. The number of anilines is 1. The van der Waals surface area contributed by atoms with Gasteiger partial charge in [-0.15, -0.1) is 13.2 Å². The highest BCUT2D eigenvalue weighted by Crippen LogP contribution is 2.26. The van der Waals surface area contributed by atoms with Gasteiger partial charge in [-0.1, -0.05) is 11.5 Å². The molecule has 6 heteroatoms. The van der Waals surface area contributed by atoms with Crippen molar-refractivity contribution in [2.75, 3.05) is 5.73 Å². The molecule has 0 aliphatic heterocycles. The molecule has 2 N–H and O–H groups in total. The van der Waals surface area contributed by atoms with Gasteiger partial charge in [0.2, 0.25) is 0 Å². The van der Waals surface area contributed by atoms with Crippen molar-refractivity contribution in [1.29, 1.82) is 0 Å². The second kappa shape index (κ2) is 3.20. The first kappa shape index (κ1) is 9.76. The number of hydrogen-bond acceptors (Lipinski definition) is 2. The van der Waals surface area contributed by atoms with Gasteiger partial charge in [-0.05, 0) is 12.1 Å². The molecule has 0 heterocycles. The average molecular weight is 187 g/mol. The minimum atomic E-state index is -4.75. The molecule has 0 saturated heterocycles. The van der Waals surface area contributed by atoms with Crippen LogP contribution in [0.3, 0.4) is 0 Å². The lowest BCUT2D eigenvalue weighted by molar-refractivity contribution is -0.274. The van der Waals surface area contributed by atoms with E-state index >= 15 is 0 Å². The summed E-state index contributed by atoms with van der Waals surface area (Å²) >= 11 is 0. The van der Waals surface area contributed by atoms with Gasteiger partial charge in [0.05, 0.1) is 5.69 Å². The van der Waals surface area contributed by atoms with Gasteiger partial charge in [0.1, 0.15) is 7.85 Å². The smallest absolute Gasteiger partial charge is 0.404 e. The summed E-state index contributed by atoms with van der Waals surface area (Å²) in [6, 6.07) is 3.65. The van der Waals surface area contributed by atoms with Gasteiger partial charge in [0, 0.05) is 0 Å². The van der Waals surface area contributed by atoms with E-state index in [1.807, 2.05) is 0 Å². The van der Waals surface area contributed by atoms with Gasteiger partial charge in [0.25, 0.3) is 0 Å². The van der Waals surface area contributed by atoms with E-state index in [9.17, 15) is 13.2 Å². The molecule has 13 heavy (non-hydrogen) atoms. The minimum absolute atomic E-state index is 0.105. The second-order valence-corrected chi connectivity index (χ2v) is 2.35. The van der Waals surface area contributed by atoms with Crippen LogP contribution in [-0.2, 0) is 0 Å². The summed E-state index contributed by atoms with van der Waals surface area (Å²) in [6.45, 7) is 0. The number of rotatable bonds is 1. The van der Waals surface area contributed by atoms with E-state index in [1.54, 1.807) is 0 Å². The van der Waals surface area contributed by atoms with Crippen molar-refractivity contribution >= 4 is 19.0 Å². The molecule has 2 nitrogen and oxygen atoms in total. The van der Waals surface area contributed by atoms with Crippen LogP contribution in [0.5, 0.6) is 5.75 Å². The lowest BCUT2D eigenvalue weighted by Crippen LogP contribution is -2.19. The minimum Gasteiger partial charge on any atom is -0.404 e. The maximum atomic E-state index is 11.7. The summed E-state index contributed by atoms with van der Waals surface area (Å²) in [5.74, 6) is -0.479. The molecule has 1 aromatic carbocycles. The fourth-order valence-corrected chi connectivity index (χ4v) is 0.764. The van der Waals surface area contributed by atoms with E-state index in [1.165, 1.54) is 12.1 Å². The standard InChI is InChI=1S/C7H5BF3NO/c8-4-1-2-5(12)6(3-4)13-7(9,10)11/h1-3H,12H2. The first-order valence-electron chi connectivity index (χ1n) is 3.29. The van der Waals surface area contributed by atoms with Gasteiger partial charge >= 0.3 is 6.36 Å². The number of benzene rings is 1. The van der Waals surface area contributed by atoms with Gasteiger partial charge in [-0.25, -0.2) is 0 Å². The number of halogens is 3. The summed E-state index contributed by atoms with van der Waals surface area (Å²) in [4.78, 5) is 0. The van der Waals surface area contributed by atoms with Crippen molar-refractivity contribution in [3.63, 3.8) is 0 Å². The molecule has 1 rings (SSSR count). The predicted molar refractivity (Wildman–Crippen MR) is 42.9 cm³/mol. The fraction of sp³-hybridized carbons (Fsp3) is 0.143. The highest BCUT2D eigenvalue weighted by Gasteiger charge is 2.31. The summed E-state index contributed by atoms with van der Waals surface area (Å²) in [7, 11) is 5.24. The van der Waals surface area contributed by atoms with E-state index in [0.29, 0.717) is 0 Å². The molecule has 0 aromatic heterocycles. The highest BCUT2D eigenvalue weighted by molar-refractivity contribution is 6.32.